The minimum Gasteiger partial charge on any atom is -0.392 e. The second kappa shape index (κ2) is 8.82. The van der Waals surface area contributed by atoms with Crippen LogP contribution in [0.1, 0.15) is 22.5 Å². The molecule has 2 N–H and O–H groups in total. The van der Waals surface area contributed by atoms with Gasteiger partial charge in [-0.05, 0) is 52.1 Å². The fourth-order valence-electron chi connectivity index (χ4n) is 4.57. The summed E-state index contributed by atoms with van der Waals surface area (Å²) in [5, 5.41) is 23.2. The van der Waals surface area contributed by atoms with Crippen molar-refractivity contribution in [1.82, 2.24) is 14.1 Å². The average molecular weight is 486 g/mol. The van der Waals surface area contributed by atoms with Crippen LogP contribution in [0.5, 0.6) is 0 Å². The van der Waals surface area contributed by atoms with E-state index in [9.17, 15) is 15.0 Å². The minimum atomic E-state index is -1.58. The summed E-state index contributed by atoms with van der Waals surface area (Å²) in [6.07, 6.45) is 3.43. The quantitative estimate of drug-likeness (QED) is 0.387. The highest BCUT2D eigenvalue weighted by molar-refractivity contribution is 6.30. The standard InChI is InChI=1S/C28H24ClN3O3/c1-31-13-12-30-27(31)28(35,20-8-6-18(17-33)7-9-20)21-10-11-25-24(15-21)23(16-26(34)32(25)2)19-4-3-5-22(29)14-19/h3-16,33,35H,17H2,1-2H3. The third-order valence-corrected chi connectivity index (χ3v) is 6.73. The van der Waals surface area contributed by atoms with Gasteiger partial charge in [0.15, 0.2) is 5.60 Å². The van der Waals surface area contributed by atoms with Crippen LogP contribution >= 0.6 is 11.6 Å². The van der Waals surface area contributed by atoms with E-state index in [1.807, 2.05) is 43.4 Å². The van der Waals surface area contributed by atoms with E-state index in [0.29, 0.717) is 22.0 Å². The van der Waals surface area contributed by atoms with Crippen molar-refractivity contribution in [3.05, 3.63) is 123 Å². The normalized spacial score (nSPS) is 13.2. The summed E-state index contributed by atoms with van der Waals surface area (Å²) in [7, 11) is 3.56. The molecule has 35 heavy (non-hydrogen) atoms. The molecule has 3 aromatic carbocycles. The van der Waals surface area contributed by atoms with E-state index in [0.717, 1.165) is 27.6 Å². The molecule has 2 aromatic heterocycles. The van der Waals surface area contributed by atoms with Gasteiger partial charge in [-0.15, -0.1) is 0 Å². The molecule has 0 bridgehead atoms. The molecule has 0 aliphatic carbocycles. The molecule has 1 unspecified atom stereocenters. The van der Waals surface area contributed by atoms with Gasteiger partial charge in [0.1, 0.15) is 5.82 Å². The maximum atomic E-state index is 12.8. The minimum absolute atomic E-state index is 0.0892. The third-order valence-electron chi connectivity index (χ3n) is 6.50. The second-order valence-electron chi connectivity index (χ2n) is 8.62. The number of hydrogen-bond donors (Lipinski definition) is 2. The number of fused-ring (bicyclic) bond motifs is 1. The second-order valence-corrected chi connectivity index (χ2v) is 9.06. The molecule has 5 aromatic rings. The fourth-order valence-corrected chi connectivity index (χ4v) is 4.76. The molecule has 0 amide bonds. The summed E-state index contributed by atoms with van der Waals surface area (Å²) < 4.78 is 3.37. The number of pyridine rings is 1. The van der Waals surface area contributed by atoms with Crippen molar-refractivity contribution < 1.29 is 10.2 Å². The number of rotatable bonds is 5. The lowest BCUT2D eigenvalue weighted by atomic mass is 9.83. The van der Waals surface area contributed by atoms with Crippen molar-refractivity contribution in [2.45, 2.75) is 12.2 Å². The third kappa shape index (κ3) is 3.86. The number of aliphatic hydroxyl groups excluding tert-OH is 1. The summed E-state index contributed by atoms with van der Waals surface area (Å²) in [6, 6.07) is 21.7. The van der Waals surface area contributed by atoms with E-state index in [2.05, 4.69) is 4.98 Å². The lowest BCUT2D eigenvalue weighted by Gasteiger charge is -2.29. The van der Waals surface area contributed by atoms with Gasteiger partial charge >= 0.3 is 0 Å². The van der Waals surface area contributed by atoms with E-state index < -0.39 is 5.60 Å². The number of imidazole rings is 1. The van der Waals surface area contributed by atoms with Crippen LogP contribution in [0.4, 0.5) is 0 Å². The van der Waals surface area contributed by atoms with E-state index in [1.54, 1.807) is 65.0 Å². The monoisotopic (exact) mass is 485 g/mol. The summed E-state index contributed by atoms with van der Waals surface area (Å²) in [5.41, 5.74) is 2.49. The van der Waals surface area contributed by atoms with Crippen molar-refractivity contribution in [2.75, 3.05) is 0 Å². The SMILES string of the molecule is Cn1ccnc1C(O)(c1ccc(CO)cc1)c1ccc2c(c1)c(-c1cccc(Cl)c1)cc(=O)n2C. The van der Waals surface area contributed by atoms with E-state index in [-0.39, 0.29) is 12.2 Å². The number of halogens is 1. The first-order valence-corrected chi connectivity index (χ1v) is 11.5. The molecule has 176 valence electrons. The maximum Gasteiger partial charge on any atom is 0.251 e. The van der Waals surface area contributed by atoms with Crippen LogP contribution in [0.3, 0.4) is 0 Å². The molecule has 7 heteroatoms. The van der Waals surface area contributed by atoms with Gasteiger partial charge < -0.3 is 19.3 Å². The van der Waals surface area contributed by atoms with Crippen LogP contribution < -0.4 is 5.56 Å². The Kier molecular flexibility index (Phi) is 5.81. The Balaban J connectivity index is 1.82. The fraction of sp³-hybridized carbons (Fsp3) is 0.143. The number of hydrogen-bond acceptors (Lipinski definition) is 4. The van der Waals surface area contributed by atoms with Crippen LogP contribution in [0, 0.1) is 0 Å². The number of benzene rings is 3. The van der Waals surface area contributed by atoms with Gasteiger partial charge in [-0.1, -0.05) is 54.1 Å². The zero-order chi connectivity index (χ0) is 24.7. The molecule has 0 aliphatic rings. The predicted octanol–water partition coefficient (Wildman–Crippen LogP) is 4.37. The van der Waals surface area contributed by atoms with Crippen LogP contribution in [0.15, 0.2) is 90.0 Å². The van der Waals surface area contributed by atoms with Gasteiger partial charge in [-0.25, -0.2) is 4.98 Å². The molecular formula is C28H24ClN3O3. The van der Waals surface area contributed by atoms with Gasteiger partial charge in [0, 0.05) is 43.0 Å². The van der Waals surface area contributed by atoms with Crippen molar-refractivity contribution in [3.8, 4) is 11.1 Å². The molecule has 0 aliphatic heterocycles. The van der Waals surface area contributed by atoms with Crippen LogP contribution in [0.25, 0.3) is 22.0 Å². The Morgan fingerprint density at radius 1 is 0.971 bits per heavy atom. The van der Waals surface area contributed by atoms with Gasteiger partial charge in [-0.2, -0.15) is 0 Å². The predicted molar refractivity (Wildman–Crippen MR) is 137 cm³/mol. The summed E-state index contributed by atoms with van der Waals surface area (Å²) >= 11 is 6.26. The van der Waals surface area contributed by atoms with Crippen molar-refractivity contribution in [2.24, 2.45) is 14.1 Å². The number of aryl methyl sites for hydroxylation is 2. The Morgan fingerprint density at radius 3 is 2.37 bits per heavy atom. The summed E-state index contributed by atoms with van der Waals surface area (Å²) in [4.78, 5) is 17.2. The number of aliphatic hydroxyl groups is 2. The Morgan fingerprint density at radius 2 is 1.71 bits per heavy atom. The van der Waals surface area contributed by atoms with Gasteiger partial charge in [0.25, 0.3) is 5.56 Å². The van der Waals surface area contributed by atoms with Gasteiger partial charge in [-0.3, -0.25) is 4.79 Å². The maximum absolute atomic E-state index is 12.8. The van der Waals surface area contributed by atoms with Crippen LogP contribution in [0.2, 0.25) is 5.02 Å². The molecule has 0 radical (unpaired) electrons. The molecule has 1 atom stereocenters. The topological polar surface area (TPSA) is 80.3 Å². The van der Waals surface area contributed by atoms with Gasteiger partial charge in [0.05, 0.1) is 12.1 Å². The lowest BCUT2D eigenvalue weighted by molar-refractivity contribution is 0.112. The van der Waals surface area contributed by atoms with Crippen LogP contribution in [-0.4, -0.2) is 24.3 Å². The molecule has 6 nitrogen and oxygen atoms in total. The van der Waals surface area contributed by atoms with Gasteiger partial charge in [0.2, 0.25) is 0 Å². The highest BCUT2D eigenvalue weighted by Gasteiger charge is 2.38. The highest BCUT2D eigenvalue weighted by atomic mass is 35.5. The van der Waals surface area contributed by atoms with Crippen molar-refractivity contribution in [1.29, 1.82) is 0 Å². The molecule has 0 saturated carbocycles. The van der Waals surface area contributed by atoms with E-state index >= 15 is 0 Å². The summed E-state index contributed by atoms with van der Waals surface area (Å²) in [6.45, 7) is -0.0892. The highest BCUT2D eigenvalue weighted by Crippen LogP contribution is 2.38. The Labute approximate surface area is 207 Å². The molecule has 5 rings (SSSR count). The molecule has 0 spiro atoms. The first-order valence-electron chi connectivity index (χ1n) is 11.1. The van der Waals surface area contributed by atoms with E-state index in [1.165, 1.54) is 0 Å². The smallest absolute Gasteiger partial charge is 0.251 e. The molecule has 0 saturated heterocycles. The van der Waals surface area contributed by atoms with Crippen LogP contribution in [-0.2, 0) is 26.3 Å². The number of aromatic nitrogens is 3. The molecular weight excluding hydrogens is 462 g/mol. The average Bonchev–Trinajstić information content (AvgIpc) is 3.31. The largest absolute Gasteiger partial charge is 0.392 e. The number of nitrogens with zero attached hydrogens (tertiary/aromatic N) is 3. The van der Waals surface area contributed by atoms with Crippen molar-refractivity contribution in [3.63, 3.8) is 0 Å². The Hall–Kier alpha value is -3.71. The Bertz CT molecular complexity index is 1600. The first-order chi connectivity index (χ1) is 16.8. The molecule has 0 fully saturated rings. The first kappa shape index (κ1) is 23.1. The lowest BCUT2D eigenvalue weighted by Crippen LogP contribution is -2.32. The van der Waals surface area contributed by atoms with Crippen molar-refractivity contribution >= 4 is 22.5 Å². The molecule has 2 heterocycles. The summed E-state index contributed by atoms with van der Waals surface area (Å²) in [5.74, 6) is 0.447. The van der Waals surface area contributed by atoms with E-state index in [4.69, 9.17) is 11.6 Å². The zero-order valence-corrected chi connectivity index (χ0v) is 20.1. The zero-order valence-electron chi connectivity index (χ0n) is 19.3.